The molecule has 0 bridgehead atoms. The van der Waals surface area contributed by atoms with E-state index in [1.165, 1.54) is 14.2 Å². The Labute approximate surface area is 84.0 Å². The van der Waals surface area contributed by atoms with Gasteiger partial charge in [-0.2, -0.15) is 0 Å². The van der Waals surface area contributed by atoms with Gasteiger partial charge in [-0.1, -0.05) is 6.92 Å². The summed E-state index contributed by atoms with van der Waals surface area (Å²) in [6.45, 7) is 2.89. The molecule has 0 unspecified atom stereocenters. The maximum absolute atomic E-state index is 11.0. The van der Waals surface area contributed by atoms with Crippen LogP contribution in [0.2, 0.25) is 0 Å². The van der Waals surface area contributed by atoms with Crippen LogP contribution in [-0.2, 0) is 19.1 Å². The van der Waals surface area contributed by atoms with Crippen molar-refractivity contribution in [2.45, 2.75) is 13.3 Å². The lowest BCUT2D eigenvalue weighted by Gasteiger charge is -2.18. The highest BCUT2D eigenvalue weighted by Crippen LogP contribution is 1.93. The molecule has 5 nitrogen and oxygen atoms in total. The van der Waals surface area contributed by atoms with Crippen molar-refractivity contribution < 1.29 is 19.1 Å². The Morgan fingerprint density at radius 2 is 1.50 bits per heavy atom. The monoisotopic (exact) mass is 203 g/mol. The predicted molar refractivity (Wildman–Crippen MR) is 50.8 cm³/mol. The molecule has 0 spiro atoms. The Bertz CT molecular complexity index is 175. The van der Waals surface area contributed by atoms with Crippen molar-refractivity contribution in [2.24, 2.45) is 0 Å². The maximum Gasteiger partial charge on any atom is 0.319 e. The minimum absolute atomic E-state index is 0.124. The number of hydrogen-bond donors (Lipinski definition) is 0. The van der Waals surface area contributed by atoms with Gasteiger partial charge in [0.15, 0.2) is 0 Å². The van der Waals surface area contributed by atoms with Crippen molar-refractivity contribution in [3.05, 3.63) is 0 Å². The number of carbonyl (C=O) groups is 2. The van der Waals surface area contributed by atoms with E-state index in [1.54, 1.807) is 4.90 Å². The zero-order valence-corrected chi connectivity index (χ0v) is 8.91. The first-order valence-corrected chi connectivity index (χ1v) is 4.50. The molecule has 0 saturated carbocycles. The van der Waals surface area contributed by atoms with Gasteiger partial charge in [-0.05, 0) is 13.0 Å². The normalized spacial score (nSPS) is 10.0. The Hall–Kier alpha value is -1.10. The van der Waals surface area contributed by atoms with Gasteiger partial charge in [-0.3, -0.25) is 14.5 Å². The quantitative estimate of drug-likeness (QED) is 0.571. The van der Waals surface area contributed by atoms with Crippen molar-refractivity contribution in [2.75, 3.05) is 33.9 Å². The van der Waals surface area contributed by atoms with Gasteiger partial charge in [0.25, 0.3) is 0 Å². The lowest BCUT2D eigenvalue weighted by atomic mass is 10.4. The van der Waals surface area contributed by atoms with E-state index in [2.05, 4.69) is 9.47 Å². The minimum Gasteiger partial charge on any atom is -0.468 e. The van der Waals surface area contributed by atoms with Crippen LogP contribution in [0.5, 0.6) is 0 Å². The van der Waals surface area contributed by atoms with Gasteiger partial charge >= 0.3 is 11.9 Å². The number of esters is 2. The molecular formula is C9H17NO4. The summed E-state index contributed by atoms with van der Waals surface area (Å²) in [5.41, 5.74) is 0. The van der Waals surface area contributed by atoms with E-state index >= 15 is 0 Å². The van der Waals surface area contributed by atoms with Crippen LogP contribution in [0.15, 0.2) is 0 Å². The van der Waals surface area contributed by atoms with Crippen LogP contribution >= 0.6 is 0 Å². The molecule has 0 aliphatic carbocycles. The molecule has 0 aromatic carbocycles. The second-order valence-corrected chi connectivity index (χ2v) is 2.86. The van der Waals surface area contributed by atoms with Gasteiger partial charge < -0.3 is 9.47 Å². The highest BCUT2D eigenvalue weighted by molar-refractivity contribution is 5.74. The summed E-state index contributed by atoms with van der Waals surface area (Å²) in [6, 6.07) is 0. The number of nitrogens with zero attached hydrogens (tertiary/aromatic N) is 1. The number of hydrogen-bond acceptors (Lipinski definition) is 5. The van der Waals surface area contributed by atoms with Crippen molar-refractivity contribution in [1.82, 2.24) is 4.90 Å². The first-order valence-electron chi connectivity index (χ1n) is 4.50. The third-order valence-electron chi connectivity index (χ3n) is 1.70. The van der Waals surface area contributed by atoms with E-state index in [9.17, 15) is 9.59 Å². The number of rotatable bonds is 6. The molecule has 0 N–H and O–H groups in total. The molecule has 0 aromatic rings. The van der Waals surface area contributed by atoms with E-state index in [1.807, 2.05) is 6.92 Å². The fourth-order valence-corrected chi connectivity index (χ4v) is 1.02. The number of ether oxygens (including phenoxy) is 2. The maximum atomic E-state index is 11.0. The molecule has 0 radical (unpaired) electrons. The summed E-state index contributed by atoms with van der Waals surface area (Å²) in [5, 5.41) is 0. The molecule has 0 aliphatic heterocycles. The van der Waals surface area contributed by atoms with Gasteiger partial charge in [0, 0.05) is 0 Å². The predicted octanol–water partition coefficient (Wildman–Crippen LogP) is 0.0444. The fraction of sp³-hybridized carbons (Fsp3) is 0.778. The summed E-state index contributed by atoms with van der Waals surface area (Å²) in [6.07, 6.45) is 0.869. The molecule has 0 fully saturated rings. The van der Waals surface area contributed by atoms with E-state index in [4.69, 9.17) is 0 Å². The third-order valence-corrected chi connectivity index (χ3v) is 1.70. The van der Waals surface area contributed by atoms with Gasteiger partial charge in [0.2, 0.25) is 0 Å². The average molecular weight is 203 g/mol. The Morgan fingerprint density at radius 1 is 1.07 bits per heavy atom. The third kappa shape index (κ3) is 5.53. The van der Waals surface area contributed by atoms with E-state index < -0.39 is 0 Å². The second-order valence-electron chi connectivity index (χ2n) is 2.86. The van der Waals surface area contributed by atoms with E-state index in [0.717, 1.165) is 6.42 Å². The zero-order chi connectivity index (χ0) is 11.0. The van der Waals surface area contributed by atoms with Gasteiger partial charge in [0.1, 0.15) is 0 Å². The topological polar surface area (TPSA) is 55.8 Å². The largest absolute Gasteiger partial charge is 0.468 e. The van der Waals surface area contributed by atoms with Crippen molar-refractivity contribution in [1.29, 1.82) is 0 Å². The standard InChI is InChI=1S/C9H17NO4/c1-4-5-10(6-8(11)13-2)7-9(12)14-3/h4-7H2,1-3H3. The van der Waals surface area contributed by atoms with Crippen molar-refractivity contribution in [3.63, 3.8) is 0 Å². The number of methoxy groups -OCH3 is 2. The highest BCUT2D eigenvalue weighted by atomic mass is 16.5. The molecule has 0 rings (SSSR count). The lowest BCUT2D eigenvalue weighted by Crippen LogP contribution is -2.36. The van der Waals surface area contributed by atoms with E-state index in [-0.39, 0.29) is 25.0 Å². The molecule has 0 atom stereocenters. The zero-order valence-electron chi connectivity index (χ0n) is 8.91. The van der Waals surface area contributed by atoms with Crippen LogP contribution in [0.3, 0.4) is 0 Å². The Morgan fingerprint density at radius 3 is 1.79 bits per heavy atom. The SMILES string of the molecule is CCCN(CC(=O)OC)CC(=O)OC. The van der Waals surface area contributed by atoms with Crippen molar-refractivity contribution in [3.8, 4) is 0 Å². The molecule has 0 aromatic heterocycles. The molecule has 0 heterocycles. The highest BCUT2D eigenvalue weighted by Gasteiger charge is 2.13. The average Bonchev–Trinajstić information content (AvgIpc) is 2.17. The lowest BCUT2D eigenvalue weighted by molar-refractivity contribution is -0.145. The van der Waals surface area contributed by atoms with Crippen LogP contribution < -0.4 is 0 Å². The molecule has 82 valence electrons. The first-order chi connectivity index (χ1) is 6.63. The summed E-state index contributed by atoms with van der Waals surface area (Å²) in [4.78, 5) is 23.6. The van der Waals surface area contributed by atoms with Gasteiger partial charge in [0.05, 0.1) is 27.3 Å². The van der Waals surface area contributed by atoms with Crippen LogP contribution in [0.4, 0.5) is 0 Å². The first kappa shape index (κ1) is 12.9. The van der Waals surface area contributed by atoms with Gasteiger partial charge in [-0.25, -0.2) is 0 Å². The molecule has 0 saturated heterocycles. The molecule has 14 heavy (non-hydrogen) atoms. The molecule has 0 aliphatic rings. The minimum atomic E-state index is -0.345. The summed E-state index contributed by atoms with van der Waals surface area (Å²) >= 11 is 0. The molecule has 0 amide bonds. The van der Waals surface area contributed by atoms with Crippen LogP contribution in [0, 0.1) is 0 Å². The van der Waals surface area contributed by atoms with E-state index in [0.29, 0.717) is 6.54 Å². The molecule has 5 heteroatoms. The van der Waals surface area contributed by atoms with Crippen molar-refractivity contribution >= 4 is 11.9 Å². The second kappa shape index (κ2) is 7.32. The summed E-state index contributed by atoms with van der Waals surface area (Å²) < 4.78 is 9.02. The fourth-order valence-electron chi connectivity index (χ4n) is 1.02. The Kier molecular flexibility index (Phi) is 6.74. The van der Waals surface area contributed by atoms with Gasteiger partial charge in [-0.15, -0.1) is 0 Å². The summed E-state index contributed by atoms with van der Waals surface area (Å²) in [7, 11) is 2.65. The van der Waals surface area contributed by atoms with Crippen LogP contribution in [0.1, 0.15) is 13.3 Å². The summed E-state index contributed by atoms with van der Waals surface area (Å²) in [5.74, 6) is -0.690. The smallest absolute Gasteiger partial charge is 0.319 e. The van der Waals surface area contributed by atoms with Crippen LogP contribution in [-0.4, -0.2) is 50.7 Å². The van der Waals surface area contributed by atoms with Crippen LogP contribution in [0.25, 0.3) is 0 Å². The molecular weight excluding hydrogens is 186 g/mol. The Balaban J connectivity index is 4.00. The number of carbonyl (C=O) groups excluding carboxylic acids is 2.